The molecule has 1 aromatic rings. The summed E-state index contributed by atoms with van der Waals surface area (Å²) >= 11 is 0. The monoisotopic (exact) mass is 249 g/mol. The Hall–Kier alpha value is -1.35. The van der Waals surface area contributed by atoms with Crippen molar-refractivity contribution in [2.24, 2.45) is 5.73 Å². The van der Waals surface area contributed by atoms with Gasteiger partial charge in [0.2, 0.25) is 0 Å². The van der Waals surface area contributed by atoms with Crippen LogP contribution in [-0.4, -0.2) is 17.6 Å². The molecular weight excluding hydrogens is 226 g/mol. The first kappa shape index (κ1) is 14.7. The summed E-state index contributed by atoms with van der Waals surface area (Å²) in [5, 5.41) is 9.27. The Morgan fingerprint density at radius 2 is 1.94 bits per heavy atom. The zero-order valence-corrected chi connectivity index (χ0v) is 11.5. The molecule has 1 rings (SSSR count). The topological polar surface area (TPSA) is 63.3 Å². The second-order valence-corrected chi connectivity index (χ2v) is 5.38. The first-order chi connectivity index (χ1) is 8.37. The van der Waals surface area contributed by atoms with E-state index < -0.39 is 11.4 Å². The molecule has 0 aliphatic rings. The Balaban J connectivity index is 2.97. The van der Waals surface area contributed by atoms with Crippen molar-refractivity contribution >= 4 is 5.97 Å². The van der Waals surface area contributed by atoms with E-state index in [2.05, 4.69) is 6.07 Å². The zero-order chi connectivity index (χ0) is 13.8. The molecule has 0 radical (unpaired) electrons. The molecule has 3 heteroatoms. The normalized spacial score (nSPS) is 11.6. The smallest absolute Gasteiger partial charge is 0.313 e. The molecule has 3 N–H and O–H groups in total. The molecule has 0 saturated heterocycles. The zero-order valence-electron chi connectivity index (χ0n) is 11.5. The van der Waals surface area contributed by atoms with Crippen LogP contribution in [0.1, 0.15) is 43.4 Å². The highest BCUT2D eigenvalue weighted by Gasteiger charge is 2.29. The van der Waals surface area contributed by atoms with Gasteiger partial charge < -0.3 is 10.8 Å². The van der Waals surface area contributed by atoms with Crippen LogP contribution in [-0.2, 0) is 16.6 Å². The Bertz CT molecular complexity index is 425. The largest absolute Gasteiger partial charge is 0.481 e. The minimum absolute atomic E-state index is 0.708. The third-order valence-electron chi connectivity index (χ3n) is 3.31. The first-order valence-corrected chi connectivity index (χ1v) is 6.42. The number of aliphatic carboxylic acids is 1. The van der Waals surface area contributed by atoms with Crippen molar-refractivity contribution in [1.82, 2.24) is 0 Å². The molecule has 0 spiro atoms. The lowest BCUT2D eigenvalue weighted by Crippen LogP contribution is -2.28. The van der Waals surface area contributed by atoms with Gasteiger partial charge in [-0.2, -0.15) is 0 Å². The van der Waals surface area contributed by atoms with Gasteiger partial charge in [-0.25, -0.2) is 0 Å². The molecule has 0 heterocycles. The highest BCUT2D eigenvalue weighted by atomic mass is 16.4. The second kappa shape index (κ2) is 6.01. The molecular formula is C15H23NO2. The minimum atomic E-state index is -0.839. The van der Waals surface area contributed by atoms with Gasteiger partial charge in [0.15, 0.2) is 0 Å². The average molecular weight is 249 g/mol. The van der Waals surface area contributed by atoms with E-state index in [-0.39, 0.29) is 0 Å². The summed E-state index contributed by atoms with van der Waals surface area (Å²) in [5.41, 5.74) is 7.83. The molecule has 0 bridgehead atoms. The van der Waals surface area contributed by atoms with E-state index in [1.807, 2.05) is 19.1 Å². The van der Waals surface area contributed by atoms with Gasteiger partial charge in [-0.05, 0) is 57.7 Å². The Morgan fingerprint density at radius 3 is 2.50 bits per heavy atom. The van der Waals surface area contributed by atoms with Crippen molar-refractivity contribution in [3.05, 3.63) is 34.9 Å². The first-order valence-electron chi connectivity index (χ1n) is 6.42. The third-order valence-corrected chi connectivity index (χ3v) is 3.31. The van der Waals surface area contributed by atoms with Crippen molar-refractivity contribution < 1.29 is 9.90 Å². The van der Waals surface area contributed by atoms with Crippen LogP contribution in [0.2, 0.25) is 0 Å². The standard InChI is InChI=1S/C15H23NO2/c1-11-8-12(6-4-5-7-16)10-13(9-11)15(2,3)14(17)18/h8-10H,4-7,16H2,1-3H3,(H,17,18). The maximum absolute atomic E-state index is 11.3. The highest BCUT2D eigenvalue weighted by Crippen LogP contribution is 2.26. The van der Waals surface area contributed by atoms with E-state index in [1.165, 1.54) is 5.56 Å². The van der Waals surface area contributed by atoms with Gasteiger partial charge in [0.1, 0.15) is 0 Å². The summed E-state index contributed by atoms with van der Waals surface area (Å²) < 4.78 is 0. The summed E-state index contributed by atoms with van der Waals surface area (Å²) in [6.45, 7) is 6.20. The number of carboxylic acids is 1. The Morgan fingerprint density at radius 1 is 1.28 bits per heavy atom. The lowest BCUT2D eigenvalue weighted by molar-refractivity contribution is -0.142. The van der Waals surface area contributed by atoms with Crippen LogP contribution >= 0.6 is 0 Å². The van der Waals surface area contributed by atoms with Crippen LogP contribution < -0.4 is 5.73 Å². The number of rotatable bonds is 6. The van der Waals surface area contributed by atoms with Crippen LogP contribution in [0.5, 0.6) is 0 Å². The summed E-state index contributed by atoms with van der Waals surface area (Å²) in [6.07, 6.45) is 3.01. The van der Waals surface area contributed by atoms with Crippen molar-refractivity contribution in [2.45, 2.75) is 45.4 Å². The number of carbonyl (C=O) groups is 1. The fourth-order valence-electron chi connectivity index (χ4n) is 1.96. The van der Waals surface area contributed by atoms with Gasteiger partial charge in [-0.15, -0.1) is 0 Å². The van der Waals surface area contributed by atoms with Crippen LogP contribution in [0, 0.1) is 6.92 Å². The highest BCUT2D eigenvalue weighted by molar-refractivity contribution is 5.80. The van der Waals surface area contributed by atoms with Crippen molar-refractivity contribution in [2.75, 3.05) is 6.54 Å². The summed E-state index contributed by atoms with van der Waals surface area (Å²) in [7, 11) is 0. The second-order valence-electron chi connectivity index (χ2n) is 5.38. The van der Waals surface area contributed by atoms with Crippen LogP contribution in [0.4, 0.5) is 0 Å². The van der Waals surface area contributed by atoms with E-state index in [4.69, 9.17) is 5.73 Å². The van der Waals surface area contributed by atoms with E-state index >= 15 is 0 Å². The van der Waals surface area contributed by atoms with Gasteiger partial charge in [0.05, 0.1) is 5.41 Å². The summed E-state index contributed by atoms with van der Waals surface area (Å²) in [4.78, 5) is 11.3. The number of carboxylic acid groups (broad SMARTS) is 1. The van der Waals surface area contributed by atoms with E-state index in [1.54, 1.807) is 13.8 Å². The summed E-state index contributed by atoms with van der Waals surface area (Å²) in [6, 6.07) is 6.09. The molecule has 0 atom stereocenters. The number of nitrogens with two attached hydrogens (primary N) is 1. The van der Waals surface area contributed by atoms with Crippen LogP contribution in [0.3, 0.4) is 0 Å². The van der Waals surface area contributed by atoms with E-state index in [9.17, 15) is 9.90 Å². The van der Waals surface area contributed by atoms with Gasteiger partial charge in [-0.3, -0.25) is 4.79 Å². The van der Waals surface area contributed by atoms with Gasteiger partial charge >= 0.3 is 5.97 Å². The lowest BCUT2D eigenvalue weighted by atomic mass is 9.83. The maximum atomic E-state index is 11.3. The third kappa shape index (κ3) is 3.57. The van der Waals surface area contributed by atoms with E-state index in [0.717, 1.165) is 30.4 Å². The summed E-state index contributed by atoms with van der Waals surface area (Å²) in [5.74, 6) is -0.791. The number of unbranched alkanes of at least 4 members (excludes halogenated alkanes) is 1. The number of hydrogen-bond donors (Lipinski definition) is 2. The molecule has 0 saturated carbocycles. The molecule has 0 amide bonds. The number of aryl methyl sites for hydroxylation is 2. The van der Waals surface area contributed by atoms with Crippen molar-refractivity contribution in [1.29, 1.82) is 0 Å². The van der Waals surface area contributed by atoms with E-state index in [0.29, 0.717) is 6.54 Å². The Labute approximate surface area is 109 Å². The fraction of sp³-hybridized carbons (Fsp3) is 0.533. The molecule has 1 aromatic carbocycles. The molecule has 0 fully saturated rings. The predicted octanol–water partition coefficient (Wildman–Crippen LogP) is 2.64. The number of hydrogen-bond acceptors (Lipinski definition) is 2. The molecule has 0 aliphatic carbocycles. The van der Waals surface area contributed by atoms with Crippen molar-refractivity contribution in [3.63, 3.8) is 0 Å². The Kier molecular flexibility index (Phi) is 4.91. The van der Waals surface area contributed by atoms with Crippen LogP contribution in [0.15, 0.2) is 18.2 Å². The van der Waals surface area contributed by atoms with Gasteiger partial charge in [0.25, 0.3) is 0 Å². The molecule has 18 heavy (non-hydrogen) atoms. The SMILES string of the molecule is Cc1cc(CCCCN)cc(C(C)(C)C(=O)O)c1. The molecule has 0 aromatic heterocycles. The molecule has 0 unspecified atom stereocenters. The lowest BCUT2D eigenvalue weighted by Gasteiger charge is -2.21. The predicted molar refractivity (Wildman–Crippen MR) is 73.8 cm³/mol. The molecule has 3 nitrogen and oxygen atoms in total. The van der Waals surface area contributed by atoms with Crippen molar-refractivity contribution in [3.8, 4) is 0 Å². The number of benzene rings is 1. The minimum Gasteiger partial charge on any atom is -0.481 e. The fourth-order valence-corrected chi connectivity index (χ4v) is 1.96. The van der Waals surface area contributed by atoms with Gasteiger partial charge in [-0.1, -0.05) is 23.8 Å². The molecule has 0 aliphatic heterocycles. The molecule has 100 valence electrons. The maximum Gasteiger partial charge on any atom is 0.313 e. The average Bonchev–Trinajstić information content (AvgIpc) is 2.28. The van der Waals surface area contributed by atoms with Crippen LogP contribution in [0.25, 0.3) is 0 Å². The van der Waals surface area contributed by atoms with Gasteiger partial charge in [0, 0.05) is 0 Å². The quantitative estimate of drug-likeness (QED) is 0.762.